The first-order valence-electron chi connectivity index (χ1n) is 6.25. The molecule has 1 heterocycles. The number of fused-ring (bicyclic) bond motifs is 1. The Bertz CT molecular complexity index is 603. The summed E-state index contributed by atoms with van der Waals surface area (Å²) in [5.41, 5.74) is 5.68. The first-order valence-corrected chi connectivity index (χ1v) is 6.25. The number of imide groups is 1. The average molecular weight is 279 g/mol. The molecule has 0 aromatic rings. The van der Waals surface area contributed by atoms with Crippen molar-refractivity contribution in [2.75, 3.05) is 13.1 Å². The predicted octanol–water partition coefficient (Wildman–Crippen LogP) is 0.0749. The number of rotatable bonds is 3. The van der Waals surface area contributed by atoms with Crippen molar-refractivity contribution in [2.45, 2.75) is 13.8 Å². The Morgan fingerprint density at radius 1 is 1.45 bits per heavy atom. The number of nitrogens with zero attached hydrogens (tertiary/aromatic N) is 3. The molecule has 1 atom stereocenters. The fourth-order valence-electron chi connectivity index (χ4n) is 2.40. The minimum Gasteiger partial charge on any atom is -0.393 e. The van der Waals surface area contributed by atoms with Gasteiger partial charge in [0.25, 0.3) is 5.70 Å². The van der Waals surface area contributed by atoms with Crippen molar-refractivity contribution in [3.63, 3.8) is 0 Å². The molecule has 2 aliphatic rings. The summed E-state index contributed by atoms with van der Waals surface area (Å²) in [6.07, 6.45) is 2.56. The Labute approximate surface area is 115 Å². The lowest BCUT2D eigenvalue weighted by Crippen LogP contribution is -2.54. The molecule has 1 aliphatic carbocycles. The Morgan fingerprint density at radius 2 is 2.10 bits per heavy atom. The van der Waals surface area contributed by atoms with Crippen LogP contribution >= 0.6 is 0 Å². The van der Waals surface area contributed by atoms with E-state index in [1.54, 1.807) is 13.8 Å². The van der Waals surface area contributed by atoms with E-state index in [9.17, 15) is 19.7 Å². The molecule has 0 bridgehead atoms. The number of hydrogen-bond acceptors (Lipinski definition) is 5. The molecule has 0 fully saturated rings. The smallest absolute Gasteiger partial charge is 0.393 e. The van der Waals surface area contributed by atoms with E-state index in [1.807, 2.05) is 0 Å². The molecule has 0 saturated carbocycles. The summed E-state index contributed by atoms with van der Waals surface area (Å²) in [7, 11) is 0. The molecule has 2 N–H and O–H groups in total. The van der Waals surface area contributed by atoms with Crippen LogP contribution in [0, 0.1) is 16.0 Å². The van der Waals surface area contributed by atoms with Gasteiger partial charge in [0.1, 0.15) is 17.3 Å². The molecule has 8 nitrogen and oxygen atoms in total. The van der Waals surface area contributed by atoms with Gasteiger partial charge in [-0.05, 0) is 13.8 Å². The van der Waals surface area contributed by atoms with E-state index in [2.05, 4.69) is 0 Å². The molecule has 106 valence electrons. The highest BCUT2D eigenvalue weighted by Gasteiger charge is 2.48. The second kappa shape index (κ2) is 4.87. The maximum Gasteiger partial charge on any atom is 0.500 e. The molecule has 20 heavy (non-hydrogen) atoms. The van der Waals surface area contributed by atoms with E-state index < -0.39 is 22.8 Å². The summed E-state index contributed by atoms with van der Waals surface area (Å²) in [6, 6.07) is -0.423. The third-order valence-electron chi connectivity index (χ3n) is 3.38. The molecule has 0 spiro atoms. The quantitative estimate of drug-likeness (QED) is 0.447. The molecule has 1 aliphatic heterocycles. The minimum atomic E-state index is -0.833. The van der Waals surface area contributed by atoms with Crippen molar-refractivity contribution < 1.29 is 19.1 Å². The van der Waals surface area contributed by atoms with Gasteiger partial charge in [-0.15, -0.1) is 0 Å². The number of nitro groups is 1. The topological polar surface area (TPSA) is 110 Å². The van der Waals surface area contributed by atoms with Gasteiger partial charge in [0, 0.05) is 12.2 Å². The highest BCUT2D eigenvalue weighted by Crippen LogP contribution is 2.24. The predicted molar refractivity (Wildman–Crippen MR) is 69.4 cm³/mol. The molecule has 0 radical (unpaired) electrons. The zero-order valence-electron chi connectivity index (χ0n) is 11.2. The van der Waals surface area contributed by atoms with E-state index in [4.69, 9.17) is 5.73 Å². The van der Waals surface area contributed by atoms with Crippen LogP contribution in [-0.2, 0) is 4.79 Å². The van der Waals surface area contributed by atoms with Gasteiger partial charge >= 0.3 is 11.9 Å². The fraction of sp³-hybridized carbons (Fsp3) is 0.417. The first-order chi connectivity index (χ1) is 9.42. The van der Waals surface area contributed by atoms with E-state index in [0.29, 0.717) is 12.3 Å². The number of carbonyl (C=O) groups is 2. The second-order valence-electron chi connectivity index (χ2n) is 4.42. The molecule has 1 unspecified atom stereocenters. The molecular formula is C12H15N4O4+. The molecule has 2 rings (SSSR count). The van der Waals surface area contributed by atoms with Gasteiger partial charge < -0.3 is 5.73 Å². The summed E-state index contributed by atoms with van der Waals surface area (Å²) >= 11 is 0. The monoisotopic (exact) mass is 279 g/mol. The van der Waals surface area contributed by atoms with Crippen LogP contribution in [0.3, 0.4) is 0 Å². The van der Waals surface area contributed by atoms with Crippen LogP contribution in [-0.4, -0.2) is 45.1 Å². The summed E-state index contributed by atoms with van der Waals surface area (Å²) in [4.78, 5) is 35.8. The molecule has 3 amide bonds. The fourth-order valence-corrected chi connectivity index (χ4v) is 2.40. The van der Waals surface area contributed by atoms with Gasteiger partial charge in [-0.2, -0.15) is 14.3 Å². The number of hydrogen-bond donors (Lipinski definition) is 1. The highest BCUT2D eigenvalue weighted by molar-refractivity contribution is 6.16. The summed E-state index contributed by atoms with van der Waals surface area (Å²) < 4.78 is 1.41. The lowest BCUT2D eigenvalue weighted by Gasteiger charge is -2.26. The van der Waals surface area contributed by atoms with Gasteiger partial charge in [0.15, 0.2) is 0 Å². The van der Waals surface area contributed by atoms with Gasteiger partial charge in [-0.25, -0.2) is 4.79 Å². The third-order valence-corrected chi connectivity index (χ3v) is 3.38. The van der Waals surface area contributed by atoms with Crippen LogP contribution in [0.5, 0.6) is 0 Å². The van der Waals surface area contributed by atoms with E-state index >= 15 is 0 Å². The van der Waals surface area contributed by atoms with Crippen LogP contribution in [0.15, 0.2) is 23.5 Å². The normalized spacial score (nSPS) is 22.5. The zero-order valence-corrected chi connectivity index (χ0v) is 11.2. The summed E-state index contributed by atoms with van der Waals surface area (Å²) in [5.74, 6) is -1.29. The number of carbonyl (C=O) groups excluding carboxylic acids is 2. The Kier molecular flexibility index (Phi) is 3.39. The van der Waals surface area contributed by atoms with Gasteiger partial charge in [0.05, 0.1) is 18.0 Å². The zero-order chi connectivity index (χ0) is 15.0. The molecule has 0 saturated heterocycles. The SMILES string of the molecule is CCN1C(=O)C2C=C([N+](=O)[O-])C(N)=CC2=[N+](CC)C1=O. The molecular weight excluding hydrogens is 264 g/mol. The first kappa shape index (κ1) is 13.9. The van der Waals surface area contributed by atoms with Crippen molar-refractivity contribution in [1.82, 2.24) is 4.90 Å². The lowest BCUT2D eigenvalue weighted by atomic mass is 9.92. The minimum absolute atomic E-state index is 0.0507. The lowest BCUT2D eigenvalue weighted by molar-refractivity contribution is -0.437. The van der Waals surface area contributed by atoms with E-state index in [-0.39, 0.29) is 17.9 Å². The molecule has 0 aromatic heterocycles. The largest absolute Gasteiger partial charge is 0.500 e. The summed E-state index contributed by atoms with van der Waals surface area (Å²) in [5, 5.41) is 10.9. The van der Waals surface area contributed by atoms with Gasteiger partial charge in [-0.1, -0.05) is 0 Å². The van der Waals surface area contributed by atoms with E-state index in [1.165, 1.54) is 16.7 Å². The number of amides is 3. The van der Waals surface area contributed by atoms with Crippen molar-refractivity contribution in [2.24, 2.45) is 11.7 Å². The maximum atomic E-state index is 12.3. The summed E-state index contributed by atoms with van der Waals surface area (Å²) in [6.45, 7) is 4.03. The van der Waals surface area contributed by atoms with Crippen LogP contribution in [0.25, 0.3) is 0 Å². The standard InChI is InChI=1S/C12H14N4O4/c1-3-14-9-6-8(13)10(16(19)20)5-7(9)11(17)15(4-2)12(14)18/h5-7,13H,3-4H2,1-2H3/p+1. The number of allylic oxidation sites excluding steroid dienone is 1. The van der Waals surface area contributed by atoms with E-state index in [0.717, 1.165) is 4.90 Å². The van der Waals surface area contributed by atoms with Crippen molar-refractivity contribution >= 4 is 17.6 Å². The van der Waals surface area contributed by atoms with Crippen molar-refractivity contribution in [3.8, 4) is 0 Å². The Morgan fingerprint density at radius 3 is 2.60 bits per heavy atom. The van der Waals surface area contributed by atoms with Crippen LogP contribution < -0.4 is 5.73 Å². The molecule has 0 aromatic carbocycles. The van der Waals surface area contributed by atoms with Gasteiger partial charge in [0.2, 0.25) is 0 Å². The van der Waals surface area contributed by atoms with Gasteiger partial charge in [-0.3, -0.25) is 10.1 Å². The average Bonchev–Trinajstić information content (AvgIpc) is 2.39. The Hall–Kier alpha value is -2.51. The third kappa shape index (κ3) is 1.89. The van der Waals surface area contributed by atoms with Crippen molar-refractivity contribution in [1.29, 1.82) is 0 Å². The number of urea groups is 1. The van der Waals surface area contributed by atoms with Crippen molar-refractivity contribution in [3.05, 3.63) is 33.7 Å². The molecule has 8 heteroatoms. The second-order valence-corrected chi connectivity index (χ2v) is 4.42. The maximum absolute atomic E-state index is 12.3. The van der Waals surface area contributed by atoms with Crippen LogP contribution in [0.2, 0.25) is 0 Å². The Balaban J connectivity index is 2.63. The van der Waals surface area contributed by atoms with Crippen LogP contribution in [0.4, 0.5) is 4.79 Å². The highest BCUT2D eigenvalue weighted by atomic mass is 16.6. The van der Waals surface area contributed by atoms with Crippen LogP contribution in [0.1, 0.15) is 13.8 Å². The number of nitrogens with two attached hydrogens (primary N) is 1.